The molecule has 1 atom stereocenters. The first-order chi connectivity index (χ1) is 11.0. The van der Waals surface area contributed by atoms with Gasteiger partial charge in [-0.15, -0.1) is 0 Å². The van der Waals surface area contributed by atoms with Crippen LogP contribution in [0.15, 0.2) is 52.9 Å². The van der Waals surface area contributed by atoms with Crippen LogP contribution in [0.25, 0.3) is 17.2 Å². The van der Waals surface area contributed by atoms with E-state index in [0.29, 0.717) is 0 Å². The van der Waals surface area contributed by atoms with Crippen LogP contribution in [0, 0.1) is 0 Å². The second-order valence-electron chi connectivity index (χ2n) is 6.34. The second kappa shape index (κ2) is 6.84. The Labute approximate surface area is 166 Å². The summed E-state index contributed by atoms with van der Waals surface area (Å²) in [5, 5.41) is 0. The monoisotopic (exact) mass is 584 g/mol. The van der Waals surface area contributed by atoms with Gasteiger partial charge in [0.05, 0.1) is 0 Å². The number of hydrogen-bond acceptors (Lipinski definition) is 0. The molecule has 1 aliphatic carbocycles. The van der Waals surface area contributed by atoms with Crippen LogP contribution < -0.4 is 0 Å². The van der Waals surface area contributed by atoms with Crippen molar-refractivity contribution in [3.05, 3.63) is 59.2 Å². The van der Waals surface area contributed by atoms with Crippen molar-refractivity contribution < 1.29 is 11.7 Å². The molecular formula is C18H18Br2Cl2SZr+. The summed E-state index contributed by atoms with van der Waals surface area (Å²) in [6.45, 7) is 2.11. The Morgan fingerprint density at radius 2 is 1.62 bits per heavy atom. The van der Waals surface area contributed by atoms with Gasteiger partial charge in [0, 0.05) is 0 Å². The summed E-state index contributed by atoms with van der Waals surface area (Å²) in [6, 6.07) is 15.3. The first kappa shape index (κ1) is 19.7. The van der Waals surface area contributed by atoms with Crippen molar-refractivity contribution in [3.63, 3.8) is 0 Å². The zero-order chi connectivity index (χ0) is 17.7. The summed E-state index contributed by atoms with van der Waals surface area (Å²) < 4.78 is 0.0427. The molecular weight excluding hydrogens is 570 g/mol. The fraction of sp³-hybridized carbons (Fsp3) is 0.222. The Hall–Kier alpha value is 0.953. The van der Waals surface area contributed by atoms with Crippen molar-refractivity contribution in [1.29, 1.82) is 0 Å². The van der Waals surface area contributed by atoms with E-state index in [1.807, 2.05) is 0 Å². The molecule has 0 aromatic heterocycles. The third kappa shape index (κ3) is 3.95. The number of halogens is 4. The van der Waals surface area contributed by atoms with Gasteiger partial charge in [-0.1, -0.05) is 0 Å². The summed E-state index contributed by atoms with van der Waals surface area (Å²) >= 11 is 3.19. The van der Waals surface area contributed by atoms with E-state index in [0.717, 1.165) is 0 Å². The molecule has 24 heavy (non-hydrogen) atoms. The quantitative estimate of drug-likeness (QED) is 0.323. The van der Waals surface area contributed by atoms with Crippen LogP contribution in [0.5, 0.6) is 0 Å². The van der Waals surface area contributed by atoms with Crippen molar-refractivity contribution in [3.8, 4) is 11.1 Å². The van der Waals surface area contributed by atoms with E-state index in [-0.39, 0.29) is 14.5 Å². The van der Waals surface area contributed by atoms with Crippen LogP contribution in [0.1, 0.15) is 21.7 Å². The zero-order valence-corrected chi connectivity index (χ0v) is 21.6. The Morgan fingerprint density at radius 1 is 1.00 bits per heavy atom. The average Bonchev–Trinajstić information content (AvgIpc) is 2.82. The van der Waals surface area contributed by atoms with E-state index in [4.69, 9.17) is 17.0 Å². The molecule has 0 aliphatic heterocycles. The predicted molar refractivity (Wildman–Crippen MR) is 115 cm³/mol. The minimum atomic E-state index is -4.10. The van der Waals surface area contributed by atoms with E-state index in [1.54, 1.807) is 0 Å². The molecule has 0 fully saturated rings. The van der Waals surface area contributed by atoms with Crippen LogP contribution in [0.4, 0.5) is 0 Å². The van der Waals surface area contributed by atoms with Crippen LogP contribution >= 0.6 is 41.5 Å². The van der Waals surface area contributed by atoms with Gasteiger partial charge in [-0.05, 0) is 0 Å². The molecule has 0 saturated carbocycles. The van der Waals surface area contributed by atoms with Gasteiger partial charge in [0.15, 0.2) is 0 Å². The summed E-state index contributed by atoms with van der Waals surface area (Å²) in [5.74, 6) is 0. The molecule has 2 aromatic rings. The van der Waals surface area contributed by atoms with Gasteiger partial charge in [0.2, 0.25) is 0 Å². The molecule has 127 valence electrons. The van der Waals surface area contributed by atoms with E-state index >= 15 is 0 Å². The fourth-order valence-corrected chi connectivity index (χ4v) is 18.3. The van der Waals surface area contributed by atoms with E-state index in [1.165, 1.54) is 32.7 Å². The number of rotatable bonds is 3. The number of benzene rings is 2. The average molecular weight is 588 g/mol. The van der Waals surface area contributed by atoms with Crippen molar-refractivity contribution in [2.75, 3.05) is 12.5 Å². The molecule has 3 rings (SSSR count). The van der Waals surface area contributed by atoms with Gasteiger partial charge in [-0.25, -0.2) is 0 Å². The van der Waals surface area contributed by atoms with Crippen LogP contribution in [-0.4, -0.2) is 12.5 Å². The fourth-order valence-electron chi connectivity index (χ4n) is 3.29. The Bertz CT molecular complexity index is 814. The number of fused-ring (bicyclic) bond motifs is 1. The van der Waals surface area contributed by atoms with Crippen molar-refractivity contribution in [2.45, 2.75) is 15.4 Å². The molecule has 2 aromatic carbocycles. The number of allylic oxidation sites excluding steroid dienone is 1. The molecule has 6 heteroatoms. The van der Waals surface area contributed by atoms with Crippen LogP contribution in [0.3, 0.4) is 0 Å². The predicted octanol–water partition coefficient (Wildman–Crippen LogP) is 7.67. The van der Waals surface area contributed by atoms with Gasteiger partial charge < -0.3 is 0 Å². The molecule has 0 N–H and O–H groups in total. The van der Waals surface area contributed by atoms with Crippen LogP contribution in [0.2, 0.25) is 0 Å². The Balaban J connectivity index is 2.12. The Morgan fingerprint density at radius 3 is 2.17 bits per heavy atom. The normalized spacial score (nSPS) is 18.9. The molecule has 0 bridgehead atoms. The molecule has 1 aliphatic rings. The SMILES string of the molecule is CC1=Cc2c(-c3ccc([S+](C)C)cc3)cccc2[CH]1[Zr]([Cl])([Cl])([Br])[Br]. The molecule has 0 saturated heterocycles. The molecule has 0 amide bonds. The van der Waals surface area contributed by atoms with Crippen molar-refractivity contribution in [2.24, 2.45) is 0 Å². The topological polar surface area (TPSA) is 0 Å². The van der Waals surface area contributed by atoms with Crippen LogP contribution in [-0.2, 0) is 22.6 Å². The van der Waals surface area contributed by atoms with Gasteiger partial charge in [0.1, 0.15) is 0 Å². The maximum absolute atomic E-state index is 6.74. The van der Waals surface area contributed by atoms with E-state index in [2.05, 4.69) is 92.4 Å². The molecule has 0 radical (unpaired) electrons. The summed E-state index contributed by atoms with van der Waals surface area (Å²) in [4.78, 5) is 1.38. The Kier molecular flexibility index (Phi) is 5.62. The third-order valence-corrected chi connectivity index (χ3v) is 17.6. The number of hydrogen-bond donors (Lipinski definition) is 0. The van der Waals surface area contributed by atoms with Gasteiger partial charge >= 0.3 is 168 Å². The van der Waals surface area contributed by atoms with Gasteiger partial charge in [-0.2, -0.15) is 0 Å². The van der Waals surface area contributed by atoms with Gasteiger partial charge in [0.25, 0.3) is 0 Å². The first-order valence-electron chi connectivity index (χ1n) is 7.54. The molecule has 1 unspecified atom stereocenters. The van der Waals surface area contributed by atoms with Gasteiger partial charge in [-0.3, -0.25) is 0 Å². The van der Waals surface area contributed by atoms with Crippen molar-refractivity contribution in [1.82, 2.24) is 0 Å². The van der Waals surface area contributed by atoms with E-state index < -0.39 is 11.7 Å². The first-order valence-corrected chi connectivity index (χ1v) is 28.6. The minimum absolute atomic E-state index is 0.0427. The second-order valence-corrected chi connectivity index (χ2v) is 61.1. The molecule has 0 spiro atoms. The van der Waals surface area contributed by atoms with Crippen molar-refractivity contribution >= 4 is 58.4 Å². The standard InChI is InChI=1S/C18H18S.2BrH.2ClH.Zr/c1-13-11-15-5-4-6-17(18(15)12-13)14-7-9-16(10-8-14)19(2)3;;;;;/h4-12H,1-3H3;4*1H;/q+1;;;;;+4/p-4. The maximum atomic E-state index is 6.74. The summed E-state index contributed by atoms with van der Waals surface area (Å²) in [5.41, 5.74) is 6.13. The molecule has 0 heterocycles. The molecule has 0 nitrogen and oxygen atoms in total. The van der Waals surface area contributed by atoms with E-state index in [9.17, 15) is 0 Å². The zero-order valence-electron chi connectivity index (χ0n) is 13.6. The third-order valence-electron chi connectivity index (χ3n) is 4.35. The summed E-state index contributed by atoms with van der Waals surface area (Å²) in [7, 11) is 13.8. The summed E-state index contributed by atoms with van der Waals surface area (Å²) in [6.07, 6.45) is 6.71.